The smallest absolute Gasteiger partial charge is 0.323 e. The summed E-state index contributed by atoms with van der Waals surface area (Å²) in [6, 6.07) is 24.7. The third-order valence-corrected chi connectivity index (χ3v) is 8.76. The van der Waals surface area contributed by atoms with Crippen LogP contribution < -0.4 is 30.2 Å². The molecule has 0 aliphatic rings. The number of rotatable bonds is 17. The fourth-order valence-corrected chi connectivity index (χ4v) is 5.94. The molecular weight excluding hydrogens is 622 g/mol. The molecule has 0 radical (unpaired) electrons. The number of methoxy groups -OCH3 is 3. The zero-order valence-corrected chi connectivity index (χ0v) is 29.2. The number of hydrogen-bond donors (Lipinski definition) is 5. The highest BCUT2D eigenvalue weighted by atomic mass is 16.5. The molecule has 49 heavy (non-hydrogen) atoms. The maximum atomic E-state index is 13.4. The highest BCUT2D eigenvalue weighted by molar-refractivity contribution is 5.90. The Balaban J connectivity index is 1.52. The van der Waals surface area contributed by atoms with Crippen LogP contribution in [0.2, 0.25) is 0 Å². The molecule has 0 aliphatic carbocycles. The molecule has 0 bridgehead atoms. The Labute approximate surface area is 288 Å². The number of fused-ring (bicyclic) bond motifs is 1. The molecule has 5 N–H and O–H groups in total. The second kappa shape index (κ2) is 17.1. The predicted octanol–water partition coefficient (Wildman–Crippen LogP) is 4.74. The number of amides is 1. The van der Waals surface area contributed by atoms with Crippen LogP contribution in [0, 0.1) is 5.41 Å². The van der Waals surface area contributed by atoms with Crippen LogP contribution in [0.4, 0.5) is 0 Å². The van der Waals surface area contributed by atoms with Crippen molar-refractivity contribution < 1.29 is 34.0 Å². The summed E-state index contributed by atoms with van der Waals surface area (Å²) < 4.78 is 16.3. The quantitative estimate of drug-likeness (QED) is 0.108. The van der Waals surface area contributed by atoms with Crippen LogP contribution in [0.15, 0.2) is 84.9 Å². The Morgan fingerprint density at radius 1 is 0.796 bits per heavy atom. The van der Waals surface area contributed by atoms with Gasteiger partial charge in [0.25, 0.3) is 0 Å². The molecule has 0 heterocycles. The lowest BCUT2D eigenvalue weighted by Gasteiger charge is -2.35. The number of aliphatic hydroxyl groups is 1. The van der Waals surface area contributed by atoms with E-state index in [0.29, 0.717) is 35.8 Å². The van der Waals surface area contributed by atoms with Crippen LogP contribution in [-0.4, -0.2) is 74.2 Å². The van der Waals surface area contributed by atoms with E-state index in [2.05, 4.69) is 16.0 Å². The van der Waals surface area contributed by atoms with Crippen molar-refractivity contribution in [3.63, 3.8) is 0 Å². The number of carboxylic acid groups (broad SMARTS) is 1. The van der Waals surface area contributed by atoms with Crippen molar-refractivity contribution in [2.24, 2.45) is 5.41 Å². The number of hydrogen-bond acceptors (Lipinski definition) is 8. The number of carbonyl (C=O) groups is 2. The standard InChI is InChI=1S/C39H49N3O7/c1-39(2,3)33(42-34(43)22-28-17-12-16-27-15-10-11-18-29(27)28)24-40-30(19-25-13-8-7-9-14-25)36(44)35(38(45)46)41-23-26-20-31(47-4)37(49-6)32(21-26)48-5/h7-18,20-21,30,33,35-36,40-41,44H,19,22-24H2,1-6H3,(H,42,43)(H,45,46)/t30-,33-,35+,36+/m0/s1. The van der Waals surface area contributed by atoms with Gasteiger partial charge in [-0.25, -0.2) is 0 Å². The first-order valence-corrected chi connectivity index (χ1v) is 16.4. The molecule has 0 unspecified atom stereocenters. The minimum atomic E-state index is -1.34. The van der Waals surface area contributed by atoms with Gasteiger partial charge < -0.3 is 35.1 Å². The van der Waals surface area contributed by atoms with Gasteiger partial charge in [0.05, 0.1) is 33.9 Å². The molecule has 0 fully saturated rings. The first-order chi connectivity index (χ1) is 23.4. The van der Waals surface area contributed by atoms with Gasteiger partial charge in [0.1, 0.15) is 6.04 Å². The van der Waals surface area contributed by atoms with Crippen molar-refractivity contribution in [3.05, 3.63) is 102 Å². The SMILES string of the molecule is COc1cc(CN[C@@H](C(=O)O)[C@H](O)[C@H](Cc2ccccc2)NC[C@H](NC(=O)Cc2cccc3ccccc23)C(C)(C)C)cc(OC)c1OC. The van der Waals surface area contributed by atoms with Gasteiger partial charge in [-0.15, -0.1) is 0 Å². The Bertz CT molecular complexity index is 1660. The summed E-state index contributed by atoms with van der Waals surface area (Å²) in [7, 11) is 4.53. The van der Waals surface area contributed by atoms with Crippen LogP contribution in [0.3, 0.4) is 0 Å². The average molecular weight is 672 g/mol. The van der Waals surface area contributed by atoms with Crippen LogP contribution >= 0.6 is 0 Å². The monoisotopic (exact) mass is 671 g/mol. The number of benzene rings is 4. The maximum absolute atomic E-state index is 13.4. The van der Waals surface area contributed by atoms with Gasteiger partial charge in [0, 0.05) is 25.2 Å². The second-order valence-electron chi connectivity index (χ2n) is 13.2. The first-order valence-electron chi connectivity index (χ1n) is 16.4. The molecule has 10 nitrogen and oxygen atoms in total. The zero-order valence-electron chi connectivity index (χ0n) is 29.2. The third-order valence-electron chi connectivity index (χ3n) is 8.76. The largest absolute Gasteiger partial charge is 0.493 e. The molecule has 4 rings (SSSR count). The third kappa shape index (κ3) is 9.95. The zero-order chi connectivity index (χ0) is 35.6. The summed E-state index contributed by atoms with van der Waals surface area (Å²) in [5.41, 5.74) is 2.21. The summed E-state index contributed by atoms with van der Waals surface area (Å²) in [5, 5.41) is 33.8. The summed E-state index contributed by atoms with van der Waals surface area (Å²) in [6.45, 7) is 6.54. The van der Waals surface area contributed by atoms with E-state index in [1.54, 1.807) is 12.1 Å². The summed E-state index contributed by atoms with van der Waals surface area (Å²) in [5.74, 6) is -0.0200. The molecule has 10 heteroatoms. The van der Waals surface area contributed by atoms with Crippen molar-refractivity contribution in [1.29, 1.82) is 0 Å². The lowest BCUT2D eigenvalue weighted by Crippen LogP contribution is -2.59. The number of aliphatic hydroxyl groups excluding tert-OH is 1. The van der Waals surface area contributed by atoms with Gasteiger partial charge in [0.2, 0.25) is 11.7 Å². The predicted molar refractivity (Wildman–Crippen MR) is 191 cm³/mol. The number of carboxylic acids is 1. The number of aliphatic carboxylic acids is 1. The van der Waals surface area contributed by atoms with E-state index in [9.17, 15) is 19.8 Å². The van der Waals surface area contributed by atoms with Gasteiger partial charge in [0.15, 0.2) is 11.5 Å². The normalized spacial score (nSPS) is 14.0. The lowest BCUT2D eigenvalue weighted by atomic mass is 9.85. The van der Waals surface area contributed by atoms with E-state index in [1.807, 2.05) is 93.6 Å². The Morgan fingerprint density at radius 3 is 2.04 bits per heavy atom. The molecular formula is C39H49N3O7. The van der Waals surface area contributed by atoms with E-state index in [0.717, 1.165) is 21.9 Å². The second-order valence-corrected chi connectivity index (χ2v) is 13.2. The fourth-order valence-electron chi connectivity index (χ4n) is 5.94. The molecule has 0 aliphatic heterocycles. The minimum Gasteiger partial charge on any atom is -0.493 e. The first kappa shape index (κ1) is 37.2. The minimum absolute atomic E-state index is 0.109. The van der Waals surface area contributed by atoms with Crippen molar-refractivity contribution in [2.45, 2.75) is 64.4 Å². The number of carbonyl (C=O) groups excluding carboxylic acids is 1. The van der Waals surface area contributed by atoms with Crippen LogP contribution in [0.1, 0.15) is 37.5 Å². The summed E-state index contributed by atoms with van der Waals surface area (Å²) in [6.07, 6.45) is -0.763. The number of nitrogens with one attached hydrogen (secondary N) is 3. The van der Waals surface area contributed by atoms with Crippen molar-refractivity contribution in [1.82, 2.24) is 16.0 Å². The fraction of sp³-hybridized carbons (Fsp3) is 0.385. The molecule has 4 atom stereocenters. The van der Waals surface area contributed by atoms with Crippen molar-refractivity contribution in [3.8, 4) is 17.2 Å². The van der Waals surface area contributed by atoms with E-state index in [-0.39, 0.29) is 30.3 Å². The summed E-state index contributed by atoms with van der Waals surface area (Å²) >= 11 is 0. The van der Waals surface area contributed by atoms with Gasteiger partial charge >= 0.3 is 5.97 Å². The van der Waals surface area contributed by atoms with Crippen molar-refractivity contribution >= 4 is 22.6 Å². The van der Waals surface area contributed by atoms with Gasteiger partial charge in [-0.1, -0.05) is 93.6 Å². The van der Waals surface area contributed by atoms with Gasteiger partial charge in [-0.3, -0.25) is 14.9 Å². The topological polar surface area (TPSA) is 138 Å². The molecule has 262 valence electrons. The van der Waals surface area contributed by atoms with Crippen LogP contribution in [-0.2, 0) is 29.0 Å². The molecule has 0 aromatic heterocycles. The lowest BCUT2D eigenvalue weighted by molar-refractivity contribution is -0.143. The molecule has 4 aromatic carbocycles. The molecule has 1 amide bonds. The van der Waals surface area contributed by atoms with E-state index in [4.69, 9.17) is 14.2 Å². The van der Waals surface area contributed by atoms with Gasteiger partial charge in [-0.05, 0) is 51.4 Å². The van der Waals surface area contributed by atoms with E-state index >= 15 is 0 Å². The van der Waals surface area contributed by atoms with E-state index < -0.39 is 24.2 Å². The number of ether oxygens (including phenoxy) is 3. The Kier molecular flexibility index (Phi) is 13.0. The Morgan fingerprint density at radius 2 is 1.43 bits per heavy atom. The highest BCUT2D eigenvalue weighted by Gasteiger charge is 2.35. The molecule has 0 saturated heterocycles. The van der Waals surface area contributed by atoms with Crippen LogP contribution in [0.25, 0.3) is 10.8 Å². The van der Waals surface area contributed by atoms with E-state index in [1.165, 1.54) is 21.3 Å². The van der Waals surface area contributed by atoms with Crippen molar-refractivity contribution in [2.75, 3.05) is 27.9 Å². The highest BCUT2D eigenvalue weighted by Crippen LogP contribution is 2.38. The molecule has 0 saturated carbocycles. The van der Waals surface area contributed by atoms with Crippen LogP contribution in [0.5, 0.6) is 17.2 Å². The Hall–Kier alpha value is -4.64. The molecule has 0 spiro atoms. The van der Waals surface area contributed by atoms with Gasteiger partial charge in [-0.2, -0.15) is 0 Å². The maximum Gasteiger partial charge on any atom is 0.323 e. The summed E-state index contributed by atoms with van der Waals surface area (Å²) in [4.78, 5) is 26.0. The molecule has 4 aromatic rings. The average Bonchev–Trinajstić information content (AvgIpc) is 3.08.